The van der Waals surface area contributed by atoms with Crippen LogP contribution in [0, 0.1) is 6.92 Å². The van der Waals surface area contributed by atoms with Gasteiger partial charge in [-0.3, -0.25) is 0 Å². The van der Waals surface area contributed by atoms with Crippen LogP contribution >= 0.6 is 11.3 Å². The van der Waals surface area contributed by atoms with Crippen molar-refractivity contribution in [2.45, 2.75) is 11.1 Å². The van der Waals surface area contributed by atoms with E-state index >= 15 is 0 Å². The maximum atomic E-state index is 12.7. The van der Waals surface area contributed by atoms with E-state index in [1.807, 2.05) is 31.2 Å². The predicted octanol–water partition coefficient (Wildman–Crippen LogP) is 2.58. The number of thiophene rings is 1. The second-order valence-corrected chi connectivity index (χ2v) is 9.25. The van der Waals surface area contributed by atoms with E-state index in [-0.39, 0.29) is 0 Å². The Hall–Kier alpha value is -1.77. The summed E-state index contributed by atoms with van der Waals surface area (Å²) in [5.74, 6) is 1.35. The summed E-state index contributed by atoms with van der Waals surface area (Å²) in [7, 11) is -0.179. The lowest BCUT2D eigenvalue weighted by Crippen LogP contribution is -2.48. The number of nitrogens with zero attached hydrogens (tertiary/aromatic N) is 2. The Morgan fingerprint density at radius 3 is 2.20 bits per heavy atom. The lowest BCUT2D eigenvalue weighted by atomic mass is 10.2. The van der Waals surface area contributed by atoms with Gasteiger partial charge in [-0.2, -0.15) is 4.31 Å². The highest BCUT2D eigenvalue weighted by Gasteiger charge is 2.29. The van der Waals surface area contributed by atoms with Gasteiger partial charge in [-0.05, 0) is 31.2 Å². The Morgan fingerprint density at radius 1 is 0.960 bits per heavy atom. The van der Waals surface area contributed by atoms with E-state index in [0.29, 0.717) is 41.9 Å². The van der Waals surface area contributed by atoms with Crippen LogP contribution in [0.25, 0.3) is 0 Å². The summed E-state index contributed by atoms with van der Waals surface area (Å²) in [4.78, 5) is 3.16. The first-order valence-corrected chi connectivity index (χ1v) is 10.2. The molecule has 0 saturated carbocycles. The number of methoxy groups -OCH3 is 2. The number of hydrogen-bond donors (Lipinski definition) is 0. The molecule has 0 unspecified atom stereocenters. The van der Waals surface area contributed by atoms with Crippen LogP contribution in [0.2, 0.25) is 0 Å². The fourth-order valence-corrected chi connectivity index (χ4v) is 5.75. The number of hydrogen-bond acceptors (Lipinski definition) is 6. The molecule has 3 rings (SSSR count). The molecule has 6 nitrogen and oxygen atoms in total. The van der Waals surface area contributed by atoms with E-state index in [9.17, 15) is 8.42 Å². The highest BCUT2D eigenvalue weighted by Crippen LogP contribution is 2.32. The zero-order valence-electron chi connectivity index (χ0n) is 14.6. The number of anilines is 1. The topological polar surface area (TPSA) is 59.1 Å². The van der Waals surface area contributed by atoms with E-state index < -0.39 is 10.0 Å². The molecule has 1 fully saturated rings. The standard InChI is InChI=1S/C17H22N2O4S2/c1-13-4-7-17(24-13)25(20,21)19-10-8-18(9-11-19)14-5-6-15(22-2)16(12-14)23-3/h4-7,12H,8-11H2,1-3H3. The number of rotatable bonds is 5. The number of ether oxygens (including phenoxy) is 2. The number of aryl methyl sites for hydroxylation is 1. The molecular weight excluding hydrogens is 360 g/mol. The van der Waals surface area contributed by atoms with Crippen molar-refractivity contribution in [1.29, 1.82) is 0 Å². The fraction of sp³-hybridized carbons (Fsp3) is 0.412. The van der Waals surface area contributed by atoms with E-state index in [2.05, 4.69) is 4.90 Å². The zero-order chi connectivity index (χ0) is 18.0. The lowest BCUT2D eigenvalue weighted by molar-refractivity contribution is 0.354. The Morgan fingerprint density at radius 2 is 1.64 bits per heavy atom. The summed E-state index contributed by atoms with van der Waals surface area (Å²) in [5, 5.41) is 0. The van der Waals surface area contributed by atoms with Gasteiger partial charge in [0.05, 0.1) is 14.2 Å². The Labute approximate surface area is 152 Å². The van der Waals surface area contributed by atoms with E-state index in [1.165, 1.54) is 11.3 Å². The minimum atomic E-state index is -3.39. The lowest BCUT2D eigenvalue weighted by Gasteiger charge is -2.35. The Bertz CT molecular complexity index is 840. The van der Waals surface area contributed by atoms with Crippen molar-refractivity contribution in [3.63, 3.8) is 0 Å². The largest absolute Gasteiger partial charge is 0.493 e. The quantitative estimate of drug-likeness (QED) is 0.796. The van der Waals surface area contributed by atoms with Gasteiger partial charge in [0.15, 0.2) is 11.5 Å². The highest BCUT2D eigenvalue weighted by molar-refractivity contribution is 7.91. The van der Waals surface area contributed by atoms with Crippen LogP contribution in [-0.4, -0.2) is 53.1 Å². The summed E-state index contributed by atoms with van der Waals surface area (Å²) >= 11 is 1.32. The van der Waals surface area contributed by atoms with Crippen molar-refractivity contribution in [1.82, 2.24) is 4.31 Å². The van der Waals surface area contributed by atoms with Crippen LogP contribution in [0.15, 0.2) is 34.5 Å². The molecule has 0 N–H and O–H groups in total. The molecule has 0 bridgehead atoms. The van der Waals surface area contributed by atoms with Crippen LogP contribution < -0.4 is 14.4 Å². The summed E-state index contributed by atoms with van der Waals surface area (Å²) in [6.45, 7) is 4.12. The summed E-state index contributed by atoms with van der Waals surface area (Å²) in [6, 6.07) is 9.29. The van der Waals surface area contributed by atoms with Gasteiger partial charge in [0.25, 0.3) is 10.0 Å². The Balaban J connectivity index is 1.72. The van der Waals surface area contributed by atoms with Gasteiger partial charge in [-0.15, -0.1) is 11.3 Å². The molecule has 25 heavy (non-hydrogen) atoms. The van der Waals surface area contributed by atoms with Crippen LogP contribution in [-0.2, 0) is 10.0 Å². The Kier molecular flexibility index (Phi) is 5.21. The minimum absolute atomic E-state index is 0.421. The first kappa shape index (κ1) is 18.0. The van der Waals surface area contributed by atoms with Gasteiger partial charge >= 0.3 is 0 Å². The van der Waals surface area contributed by atoms with Crippen molar-refractivity contribution >= 4 is 27.0 Å². The SMILES string of the molecule is COc1ccc(N2CCN(S(=O)(=O)c3ccc(C)s3)CC2)cc1OC. The van der Waals surface area contributed by atoms with Crippen molar-refractivity contribution in [2.75, 3.05) is 45.3 Å². The van der Waals surface area contributed by atoms with Crippen molar-refractivity contribution in [3.05, 3.63) is 35.2 Å². The number of piperazine rings is 1. The molecule has 8 heteroatoms. The summed E-state index contributed by atoms with van der Waals surface area (Å²) in [5.41, 5.74) is 1.00. The van der Waals surface area contributed by atoms with E-state index in [0.717, 1.165) is 10.6 Å². The first-order valence-electron chi connectivity index (χ1n) is 7.99. The van der Waals surface area contributed by atoms with Crippen molar-refractivity contribution in [2.24, 2.45) is 0 Å². The van der Waals surface area contributed by atoms with Gasteiger partial charge in [0.2, 0.25) is 0 Å². The molecule has 2 heterocycles. The third-order valence-electron chi connectivity index (χ3n) is 4.28. The summed E-state index contributed by atoms with van der Waals surface area (Å²) < 4.78 is 38.0. The molecule has 0 radical (unpaired) electrons. The van der Waals surface area contributed by atoms with Crippen molar-refractivity contribution < 1.29 is 17.9 Å². The van der Waals surface area contributed by atoms with E-state index in [4.69, 9.17) is 9.47 Å². The molecule has 2 aromatic rings. The normalized spacial score (nSPS) is 16.0. The molecule has 0 spiro atoms. The molecular formula is C17H22N2O4S2. The fourth-order valence-electron chi connectivity index (χ4n) is 2.89. The molecule has 1 aliphatic heterocycles. The van der Waals surface area contributed by atoms with Gasteiger partial charge in [0, 0.05) is 42.8 Å². The molecule has 0 aliphatic carbocycles. The van der Waals surface area contributed by atoms with Gasteiger partial charge in [-0.25, -0.2) is 8.42 Å². The van der Waals surface area contributed by atoms with Crippen LogP contribution in [0.3, 0.4) is 0 Å². The average Bonchev–Trinajstić information content (AvgIpc) is 3.08. The second-order valence-electron chi connectivity index (χ2n) is 5.80. The average molecular weight is 383 g/mol. The predicted molar refractivity (Wildman–Crippen MR) is 99.6 cm³/mol. The van der Waals surface area contributed by atoms with Crippen LogP contribution in [0.4, 0.5) is 5.69 Å². The van der Waals surface area contributed by atoms with Gasteiger partial charge in [-0.1, -0.05) is 0 Å². The highest BCUT2D eigenvalue weighted by atomic mass is 32.2. The van der Waals surface area contributed by atoms with Gasteiger partial charge < -0.3 is 14.4 Å². The number of benzene rings is 1. The maximum absolute atomic E-state index is 12.7. The molecule has 1 aromatic heterocycles. The smallest absolute Gasteiger partial charge is 0.252 e. The van der Waals surface area contributed by atoms with Crippen LogP contribution in [0.1, 0.15) is 4.88 Å². The zero-order valence-corrected chi connectivity index (χ0v) is 16.2. The molecule has 1 saturated heterocycles. The number of sulfonamides is 1. The molecule has 0 amide bonds. The van der Waals surface area contributed by atoms with E-state index in [1.54, 1.807) is 24.6 Å². The van der Waals surface area contributed by atoms with Crippen LogP contribution in [0.5, 0.6) is 11.5 Å². The maximum Gasteiger partial charge on any atom is 0.252 e. The monoisotopic (exact) mass is 382 g/mol. The third kappa shape index (κ3) is 3.61. The first-order chi connectivity index (χ1) is 12.0. The van der Waals surface area contributed by atoms with Gasteiger partial charge in [0.1, 0.15) is 4.21 Å². The minimum Gasteiger partial charge on any atom is -0.493 e. The van der Waals surface area contributed by atoms with Crippen molar-refractivity contribution in [3.8, 4) is 11.5 Å². The molecule has 1 aliphatic rings. The molecule has 1 aromatic carbocycles. The molecule has 136 valence electrons. The third-order valence-corrected chi connectivity index (χ3v) is 7.65. The summed E-state index contributed by atoms with van der Waals surface area (Å²) in [6.07, 6.45) is 0. The second kappa shape index (κ2) is 7.23. The molecule has 0 atom stereocenters.